The maximum Gasteiger partial charge on any atom is 0.194 e. The Kier molecular flexibility index (Phi) is 7.93. The third-order valence-corrected chi connectivity index (χ3v) is 4.75. The third-order valence-electron chi connectivity index (χ3n) is 2.79. The summed E-state index contributed by atoms with van der Waals surface area (Å²) in [7, 11) is 0. The smallest absolute Gasteiger partial charge is 0.194 e. The Balaban J connectivity index is 2.52. The molecule has 1 aliphatic rings. The Morgan fingerprint density at radius 1 is 1.53 bits per heavy atom. The van der Waals surface area contributed by atoms with Crippen molar-refractivity contribution in [3.63, 3.8) is 0 Å². The van der Waals surface area contributed by atoms with Gasteiger partial charge in [0, 0.05) is 36.4 Å². The quantitative estimate of drug-likeness (QED) is 0.473. The number of aliphatic imine (C=N–C) groups is 1. The molecule has 1 saturated heterocycles. The molecule has 17 heavy (non-hydrogen) atoms. The van der Waals surface area contributed by atoms with Crippen molar-refractivity contribution < 1.29 is 0 Å². The molecule has 1 atom stereocenters. The van der Waals surface area contributed by atoms with Crippen LogP contribution < -0.4 is 5.32 Å². The predicted octanol–water partition coefficient (Wildman–Crippen LogP) is 2.14. The summed E-state index contributed by atoms with van der Waals surface area (Å²) in [5, 5.41) is 4.18. The van der Waals surface area contributed by atoms with Gasteiger partial charge in [0.15, 0.2) is 5.96 Å². The van der Waals surface area contributed by atoms with Crippen LogP contribution in [0.1, 0.15) is 20.3 Å². The van der Waals surface area contributed by atoms with Crippen LogP contribution in [0.25, 0.3) is 0 Å². The van der Waals surface area contributed by atoms with Crippen LogP contribution in [0.2, 0.25) is 0 Å². The highest BCUT2D eigenvalue weighted by atomic mass is 32.2. The molecule has 0 radical (unpaired) electrons. The molecular formula is C12H25N3S2. The summed E-state index contributed by atoms with van der Waals surface area (Å²) >= 11 is 3.96. The molecule has 100 valence electrons. The van der Waals surface area contributed by atoms with Gasteiger partial charge in [-0.2, -0.15) is 23.5 Å². The lowest BCUT2D eigenvalue weighted by molar-refractivity contribution is 0.408. The van der Waals surface area contributed by atoms with E-state index in [0.29, 0.717) is 0 Å². The van der Waals surface area contributed by atoms with Gasteiger partial charge in [-0.1, -0.05) is 6.92 Å². The summed E-state index contributed by atoms with van der Waals surface area (Å²) in [5.74, 6) is 3.44. The Morgan fingerprint density at radius 2 is 2.35 bits per heavy atom. The number of hydrogen-bond donors (Lipinski definition) is 1. The number of rotatable bonds is 5. The van der Waals surface area contributed by atoms with Gasteiger partial charge >= 0.3 is 0 Å². The Bertz CT molecular complexity index is 234. The van der Waals surface area contributed by atoms with E-state index in [1.807, 2.05) is 11.8 Å². The van der Waals surface area contributed by atoms with Crippen molar-refractivity contribution in [2.45, 2.75) is 25.5 Å². The van der Waals surface area contributed by atoms with Gasteiger partial charge < -0.3 is 10.2 Å². The average Bonchev–Trinajstić information content (AvgIpc) is 2.38. The summed E-state index contributed by atoms with van der Waals surface area (Å²) in [6.45, 7) is 8.57. The number of guanidine groups is 1. The van der Waals surface area contributed by atoms with E-state index >= 15 is 0 Å². The van der Waals surface area contributed by atoms with E-state index in [-0.39, 0.29) is 0 Å². The van der Waals surface area contributed by atoms with Crippen LogP contribution in [-0.2, 0) is 0 Å². The largest absolute Gasteiger partial charge is 0.357 e. The molecule has 0 aliphatic carbocycles. The fourth-order valence-electron chi connectivity index (χ4n) is 1.83. The van der Waals surface area contributed by atoms with E-state index in [1.54, 1.807) is 0 Å². The molecule has 1 heterocycles. The third kappa shape index (κ3) is 5.42. The SMILES string of the molecule is CCNC(=NCCSC)N1CCSC(CC)C1. The van der Waals surface area contributed by atoms with Gasteiger partial charge in [0.05, 0.1) is 6.54 Å². The van der Waals surface area contributed by atoms with Crippen LogP contribution in [0.15, 0.2) is 4.99 Å². The maximum absolute atomic E-state index is 4.70. The zero-order valence-electron chi connectivity index (χ0n) is 11.2. The number of hydrogen-bond acceptors (Lipinski definition) is 3. The molecular weight excluding hydrogens is 250 g/mol. The second kappa shape index (κ2) is 8.97. The van der Waals surface area contributed by atoms with Gasteiger partial charge in [0.2, 0.25) is 0 Å². The first-order chi connectivity index (χ1) is 8.31. The molecule has 1 N–H and O–H groups in total. The van der Waals surface area contributed by atoms with Crippen molar-refractivity contribution in [1.29, 1.82) is 0 Å². The Labute approximate surface area is 114 Å². The predicted molar refractivity (Wildman–Crippen MR) is 82.5 cm³/mol. The molecule has 0 aromatic carbocycles. The lowest BCUT2D eigenvalue weighted by Gasteiger charge is -2.34. The molecule has 5 heteroatoms. The number of nitrogens with zero attached hydrogens (tertiary/aromatic N) is 2. The van der Waals surface area contributed by atoms with Gasteiger partial charge in [-0.05, 0) is 19.6 Å². The zero-order valence-corrected chi connectivity index (χ0v) is 12.9. The molecule has 0 aromatic rings. The maximum atomic E-state index is 4.70. The summed E-state index contributed by atoms with van der Waals surface area (Å²) < 4.78 is 0. The number of nitrogens with one attached hydrogen (secondary N) is 1. The highest BCUT2D eigenvalue weighted by molar-refractivity contribution is 8.00. The highest BCUT2D eigenvalue weighted by Gasteiger charge is 2.21. The fraction of sp³-hybridized carbons (Fsp3) is 0.917. The molecule has 0 bridgehead atoms. The van der Waals surface area contributed by atoms with Crippen molar-refractivity contribution in [2.24, 2.45) is 4.99 Å². The van der Waals surface area contributed by atoms with Crippen molar-refractivity contribution in [3.8, 4) is 0 Å². The second-order valence-electron chi connectivity index (χ2n) is 4.08. The molecule has 0 saturated carbocycles. The van der Waals surface area contributed by atoms with E-state index in [4.69, 9.17) is 4.99 Å². The van der Waals surface area contributed by atoms with E-state index in [1.165, 1.54) is 12.2 Å². The molecule has 0 aromatic heterocycles. The second-order valence-corrected chi connectivity index (χ2v) is 6.47. The molecule has 1 rings (SSSR count). The highest BCUT2D eigenvalue weighted by Crippen LogP contribution is 2.20. The standard InChI is InChI=1S/C12H25N3S2/c1-4-11-10-15(7-9-17-11)12(13-5-2)14-6-8-16-3/h11H,4-10H2,1-3H3,(H,13,14). The van der Waals surface area contributed by atoms with Gasteiger partial charge in [-0.25, -0.2) is 0 Å². The van der Waals surface area contributed by atoms with Crippen molar-refractivity contribution in [3.05, 3.63) is 0 Å². The van der Waals surface area contributed by atoms with Gasteiger partial charge in [0.1, 0.15) is 0 Å². The monoisotopic (exact) mass is 275 g/mol. The van der Waals surface area contributed by atoms with Crippen molar-refractivity contribution in [2.75, 3.05) is 43.9 Å². The van der Waals surface area contributed by atoms with E-state index in [2.05, 4.69) is 42.1 Å². The Morgan fingerprint density at radius 3 is 3.00 bits per heavy atom. The zero-order chi connectivity index (χ0) is 12.5. The molecule has 1 unspecified atom stereocenters. The number of thioether (sulfide) groups is 2. The van der Waals surface area contributed by atoms with E-state index in [0.717, 1.165) is 43.1 Å². The van der Waals surface area contributed by atoms with Gasteiger partial charge in [-0.15, -0.1) is 0 Å². The first-order valence-electron chi connectivity index (χ1n) is 6.45. The summed E-state index contributed by atoms with van der Waals surface area (Å²) in [5.41, 5.74) is 0. The van der Waals surface area contributed by atoms with Gasteiger partial charge in [-0.3, -0.25) is 4.99 Å². The minimum Gasteiger partial charge on any atom is -0.357 e. The average molecular weight is 275 g/mol. The summed E-state index contributed by atoms with van der Waals surface area (Å²) in [6, 6.07) is 0. The lowest BCUT2D eigenvalue weighted by atomic mass is 10.3. The fourth-order valence-corrected chi connectivity index (χ4v) is 3.28. The summed E-state index contributed by atoms with van der Waals surface area (Å²) in [6.07, 6.45) is 3.39. The van der Waals surface area contributed by atoms with E-state index in [9.17, 15) is 0 Å². The molecule has 3 nitrogen and oxygen atoms in total. The van der Waals surface area contributed by atoms with E-state index < -0.39 is 0 Å². The van der Waals surface area contributed by atoms with Crippen LogP contribution in [-0.4, -0.2) is 60.0 Å². The Hall–Kier alpha value is -0.0300. The van der Waals surface area contributed by atoms with Crippen LogP contribution in [0, 0.1) is 0 Å². The first kappa shape index (κ1) is 15.0. The van der Waals surface area contributed by atoms with Crippen LogP contribution in [0.3, 0.4) is 0 Å². The van der Waals surface area contributed by atoms with Gasteiger partial charge in [0.25, 0.3) is 0 Å². The topological polar surface area (TPSA) is 27.6 Å². The van der Waals surface area contributed by atoms with Crippen molar-refractivity contribution >= 4 is 29.5 Å². The lowest BCUT2D eigenvalue weighted by Crippen LogP contribution is -2.48. The summed E-state index contributed by atoms with van der Waals surface area (Å²) in [4.78, 5) is 7.12. The first-order valence-corrected chi connectivity index (χ1v) is 8.89. The van der Waals surface area contributed by atoms with Crippen LogP contribution in [0.5, 0.6) is 0 Å². The molecule has 0 spiro atoms. The molecule has 1 aliphatic heterocycles. The minimum absolute atomic E-state index is 0.771. The van der Waals surface area contributed by atoms with Crippen molar-refractivity contribution in [1.82, 2.24) is 10.2 Å². The van der Waals surface area contributed by atoms with Crippen LogP contribution in [0.4, 0.5) is 0 Å². The van der Waals surface area contributed by atoms with Crippen LogP contribution >= 0.6 is 23.5 Å². The molecule has 0 amide bonds. The minimum atomic E-state index is 0.771. The normalized spacial score (nSPS) is 21.7. The molecule has 1 fully saturated rings.